The van der Waals surface area contributed by atoms with Crippen LogP contribution in [0.1, 0.15) is 49.1 Å². The van der Waals surface area contributed by atoms with Gasteiger partial charge in [0.05, 0.1) is 11.8 Å². The number of nitrogens with one attached hydrogen (secondary N) is 2. The maximum atomic E-state index is 14.5. The molecule has 4 bridgehead atoms. The molecule has 4 aliphatic carbocycles. The summed E-state index contributed by atoms with van der Waals surface area (Å²) in [6.07, 6.45) is 9.20. The van der Waals surface area contributed by atoms with Crippen LogP contribution in [0.25, 0.3) is 16.8 Å². The molecule has 2 heterocycles. The van der Waals surface area contributed by atoms with E-state index in [1.807, 2.05) is 34.9 Å². The van der Waals surface area contributed by atoms with Crippen molar-refractivity contribution in [2.24, 2.45) is 17.8 Å². The molecule has 2 aromatic heterocycles. The smallest absolute Gasteiger partial charge is 0.340 e. The molecule has 0 spiro atoms. The molecule has 4 saturated carbocycles. The SMILES string of the molecule is O=C(NC12CC3CC(CC(C3)C1)C2)c1[nH]c(-c2ccccc2F)c2cccc[n+]12. The van der Waals surface area contributed by atoms with E-state index in [9.17, 15) is 9.18 Å². The van der Waals surface area contributed by atoms with Crippen LogP contribution in [0.3, 0.4) is 0 Å². The van der Waals surface area contributed by atoms with Crippen LogP contribution in [0.5, 0.6) is 0 Å². The lowest BCUT2D eigenvalue weighted by atomic mass is 9.53. The van der Waals surface area contributed by atoms with E-state index in [2.05, 4.69) is 10.3 Å². The minimum absolute atomic E-state index is 0.0588. The highest BCUT2D eigenvalue weighted by Crippen LogP contribution is 2.55. The average molecular weight is 390 g/mol. The molecule has 1 amide bonds. The number of H-pyrrole nitrogens is 1. The Kier molecular flexibility index (Phi) is 3.65. The van der Waals surface area contributed by atoms with Crippen LogP contribution >= 0.6 is 0 Å². The summed E-state index contributed by atoms with van der Waals surface area (Å²) in [5.41, 5.74) is 1.86. The topological polar surface area (TPSA) is 49.0 Å². The van der Waals surface area contributed by atoms with E-state index in [-0.39, 0.29) is 17.3 Å². The van der Waals surface area contributed by atoms with Crippen molar-refractivity contribution in [2.45, 2.75) is 44.1 Å². The molecule has 4 fully saturated rings. The van der Waals surface area contributed by atoms with Crippen LogP contribution < -0.4 is 9.72 Å². The van der Waals surface area contributed by atoms with Gasteiger partial charge in [0, 0.05) is 5.54 Å². The molecule has 0 unspecified atom stereocenters. The van der Waals surface area contributed by atoms with Gasteiger partial charge >= 0.3 is 11.7 Å². The molecule has 3 aromatic rings. The summed E-state index contributed by atoms with van der Waals surface area (Å²) in [6.45, 7) is 0. The van der Waals surface area contributed by atoms with Gasteiger partial charge in [-0.1, -0.05) is 18.2 Å². The lowest BCUT2D eigenvalue weighted by Crippen LogP contribution is -2.60. The highest BCUT2D eigenvalue weighted by Gasteiger charge is 2.52. The molecular formula is C24H25FN3O+. The summed E-state index contributed by atoms with van der Waals surface area (Å²) in [5.74, 6) is 2.38. The quantitative estimate of drug-likeness (QED) is 0.645. The van der Waals surface area contributed by atoms with Gasteiger partial charge in [0.15, 0.2) is 11.2 Å². The number of rotatable bonds is 3. The summed E-state index contributed by atoms with van der Waals surface area (Å²) in [6, 6.07) is 12.4. The van der Waals surface area contributed by atoms with Gasteiger partial charge in [-0.05, 0) is 80.5 Å². The van der Waals surface area contributed by atoms with Crippen LogP contribution in [0.4, 0.5) is 4.39 Å². The largest absolute Gasteiger partial charge is 0.351 e. The number of pyridine rings is 1. The van der Waals surface area contributed by atoms with Crippen LogP contribution in [0.2, 0.25) is 0 Å². The van der Waals surface area contributed by atoms with E-state index in [0.717, 1.165) is 42.5 Å². The average Bonchev–Trinajstić information content (AvgIpc) is 3.07. The molecule has 1 aromatic carbocycles. The van der Waals surface area contributed by atoms with Gasteiger partial charge in [-0.2, -0.15) is 4.40 Å². The number of halogens is 1. The predicted octanol–water partition coefficient (Wildman–Crippen LogP) is 4.26. The van der Waals surface area contributed by atoms with Crippen LogP contribution in [-0.4, -0.2) is 16.4 Å². The first-order valence-corrected chi connectivity index (χ1v) is 10.7. The fraction of sp³-hybridized carbons (Fsp3) is 0.417. The van der Waals surface area contributed by atoms with Gasteiger partial charge < -0.3 is 5.32 Å². The van der Waals surface area contributed by atoms with Crippen molar-refractivity contribution in [1.82, 2.24) is 10.3 Å². The first kappa shape index (κ1) is 17.2. The molecule has 4 aliphatic rings. The zero-order valence-electron chi connectivity index (χ0n) is 16.3. The van der Waals surface area contributed by atoms with Gasteiger partial charge in [-0.3, -0.25) is 4.79 Å². The Hall–Kier alpha value is -2.69. The predicted molar refractivity (Wildman–Crippen MR) is 108 cm³/mol. The van der Waals surface area contributed by atoms with E-state index in [0.29, 0.717) is 17.1 Å². The lowest BCUT2D eigenvalue weighted by molar-refractivity contribution is -0.514. The van der Waals surface area contributed by atoms with E-state index >= 15 is 0 Å². The third-order valence-electron chi connectivity index (χ3n) is 7.38. The number of aromatic amines is 1. The Labute approximate surface area is 169 Å². The normalized spacial score (nSPS) is 30.0. The summed E-state index contributed by atoms with van der Waals surface area (Å²) in [4.78, 5) is 16.7. The van der Waals surface area contributed by atoms with Gasteiger partial charge in [-0.25, -0.2) is 9.37 Å². The molecule has 0 saturated heterocycles. The molecule has 29 heavy (non-hydrogen) atoms. The van der Waals surface area contributed by atoms with Gasteiger partial charge in [0.2, 0.25) is 0 Å². The molecule has 7 rings (SSSR count). The second-order valence-electron chi connectivity index (χ2n) is 9.44. The number of imidazole rings is 1. The van der Waals surface area contributed by atoms with Crippen molar-refractivity contribution in [3.05, 3.63) is 60.3 Å². The van der Waals surface area contributed by atoms with E-state index in [1.165, 1.54) is 25.3 Å². The van der Waals surface area contributed by atoms with E-state index in [4.69, 9.17) is 0 Å². The molecule has 2 N–H and O–H groups in total. The Morgan fingerprint density at radius 1 is 1.00 bits per heavy atom. The number of hydrogen-bond acceptors (Lipinski definition) is 1. The van der Waals surface area contributed by atoms with Crippen molar-refractivity contribution >= 4 is 11.4 Å². The number of fused-ring (bicyclic) bond motifs is 1. The molecule has 0 aliphatic heterocycles. The Balaban J connectivity index is 1.39. The second-order valence-corrected chi connectivity index (χ2v) is 9.44. The van der Waals surface area contributed by atoms with E-state index < -0.39 is 0 Å². The number of amides is 1. The van der Waals surface area contributed by atoms with Crippen molar-refractivity contribution in [3.8, 4) is 11.3 Å². The maximum absolute atomic E-state index is 14.5. The molecule has 0 radical (unpaired) electrons. The van der Waals surface area contributed by atoms with Crippen LogP contribution in [0.15, 0.2) is 48.7 Å². The number of carbonyl (C=O) groups excluding carboxylic acids is 1. The summed E-state index contributed by atoms with van der Waals surface area (Å²) < 4.78 is 16.3. The monoisotopic (exact) mass is 390 g/mol. The minimum atomic E-state index is -0.298. The first-order chi connectivity index (χ1) is 14.1. The molecular weight excluding hydrogens is 365 g/mol. The standard InChI is InChI=1S/C24H24FN3O/c25-19-6-2-1-5-18(19)21-20-7-3-4-8-28(20)22(26-21)23(29)27-24-12-15-9-16(13-24)11-17(10-15)14-24/h1-8,15-17H,9-14H2,(H,27,29)/p+1. The fourth-order valence-electron chi connectivity index (χ4n) is 6.68. The molecule has 148 valence electrons. The summed E-state index contributed by atoms with van der Waals surface area (Å²) in [5, 5.41) is 3.43. The van der Waals surface area contributed by atoms with Gasteiger partial charge in [0.1, 0.15) is 5.82 Å². The number of benzene rings is 1. The maximum Gasteiger partial charge on any atom is 0.351 e. The Morgan fingerprint density at radius 3 is 2.34 bits per heavy atom. The number of carbonyl (C=O) groups is 1. The third-order valence-corrected chi connectivity index (χ3v) is 7.38. The van der Waals surface area contributed by atoms with Crippen LogP contribution in [-0.2, 0) is 0 Å². The first-order valence-electron chi connectivity index (χ1n) is 10.7. The summed E-state index contributed by atoms with van der Waals surface area (Å²) >= 11 is 0. The molecule has 0 atom stereocenters. The van der Waals surface area contributed by atoms with Crippen molar-refractivity contribution in [1.29, 1.82) is 0 Å². The minimum Gasteiger partial charge on any atom is -0.340 e. The third kappa shape index (κ3) is 2.70. The van der Waals surface area contributed by atoms with Gasteiger partial charge in [-0.15, -0.1) is 0 Å². The Morgan fingerprint density at radius 2 is 1.66 bits per heavy atom. The Bertz CT molecular complexity index is 1080. The molecule has 4 nitrogen and oxygen atoms in total. The van der Waals surface area contributed by atoms with E-state index in [1.54, 1.807) is 12.1 Å². The highest BCUT2D eigenvalue weighted by atomic mass is 19.1. The molecule has 5 heteroatoms. The highest BCUT2D eigenvalue weighted by molar-refractivity contribution is 5.92. The zero-order valence-corrected chi connectivity index (χ0v) is 16.3. The number of hydrogen-bond donors (Lipinski definition) is 2. The van der Waals surface area contributed by atoms with Crippen molar-refractivity contribution in [2.75, 3.05) is 0 Å². The number of nitrogens with zero attached hydrogens (tertiary/aromatic N) is 1. The van der Waals surface area contributed by atoms with Crippen molar-refractivity contribution < 1.29 is 13.6 Å². The second kappa shape index (κ2) is 6.15. The lowest BCUT2D eigenvalue weighted by Gasteiger charge is -2.56. The van der Waals surface area contributed by atoms with Crippen molar-refractivity contribution in [3.63, 3.8) is 0 Å². The van der Waals surface area contributed by atoms with Crippen LogP contribution in [0, 0.1) is 23.6 Å². The summed E-state index contributed by atoms with van der Waals surface area (Å²) in [7, 11) is 0. The van der Waals surface area contributed by atoms with Gasteiger partial charge in [0.25, 0.3) is 0 Å². The fourth-order valence-corrected chi connectivity index (χ4v) is 6.68. The zero-order chi connectivity index (χ0) is 19.6. The number of aromatic nitrogens is 2.